The summed E-state index contributed by atoms with van der Waals surface area (Å²) < 4.78 is 22.5. The van der Waals surface area contributed by atoms with E-state index in [2.05, 4.69) is 0 Å². The zero-order chi connectivity index (χ0) is 23.3. The maximum Gasteiger partial charge on any atom is 0.306 e. The summed E-state index contributed by atoms with van der Waals surface area (Å²) in [5.41, 5.74) is 0. The molecule has 5 atom stereocenters. The summed E-state index contributed by atoms with van der Waals surface area (Å²) >= 11 is 0. The van der Waals surface area contributed by atoms with E-state index in [1.165, 1.54) is 6.92 Å². The Labute approximate surface area is 192 Å². The van der Waals surface area contributed by atoms with Gasteiger partial charge in [0, 0.05) is 38.2 Å². The smallest absolute Gasteiger partial charge is 0.306 e. The Morgan fingerprint density at radius 1 is 1.03 bits per heavy atom. The summed E-state index contributed by atoms with van der Waals surface area (Å²) in [5.74, 6) is -0.698. The van der Waals surface area contributed by atoms with Gasteiger partial charge in [-0.25, -0.2) is 0 Å². The Morgan fingerprint density at radius 2 is 1.75 bits per heavy atom. The van der Waals surface area contributed by atoms with Crippen LogP contribution in [0.15, 0.2) is 0 Å². The number of rotatable bonds is 14. The second-order valence-corrected chi connectivity index (χ2v) is 9.43. The maximum absolute atomic E-state index is 11.9. The third-order valence-corrected chi connectivity index (χ3v) is 6.34. The van der Waals surface area contributed by atoms with Crippen LogP contribution in [0.4, 0.5) is 0 Å². The number of hydrogen-bond donors (Lipinski definition) is 0. The van der Waals surface area contributed by atoms with Crippen LogP contribution >= 0.6 is 0 Å². The number of esters is 2. The molecule has 0 aromatic carbocycles. The highest BCUT2D eigenvalue weighted by Crippen LogP contribution is 2.40. The average molecular weight is 455 g/mol. The highest BCUT2D eigenvalue weighted by atomic mass is 16.7. The molecular weight excluding hydrogens is 412 g/mol. The van der Waals surface area contributed by atoms with Crippen molar-refractivity contribution in [1.29, 1.82) is 0 Å². The van der Waals surface area contributed by atoms with Gasteiger partial charge in [0.2, 0.25) is 0 Å². The van der Waals surface area contributed by atoms with Gasteiger partial charge in [0.25, 0.3) is 0 Å². The second kappa shape index (κ2) is 14.6. The van der Waals surface area contributed by atoms with Crippen molar-refractivity contribution < 1.29 is 33.3 Å². The largest absolute Gasteiger partial charge is 0.463 e. The van der Waals surface area contributed by atoms with Crippen LogP contribution < -0.4 is 0 Å². The van der Waals surface area contributed by atoms with Gasteiger partial charge < -0.3 is 23.7 Å². The fourth-order valence-corrected chi connectivity index (χ4v) is 4.84. The van der Waals surface area contributed by atoms with Gasteiger partial charge in [0.15, 0.2) is 6.29 Å². The van der Waals surface area contributed by atoms with Gasteiger partial charge in [0.05, 0.1) is 12.2 Å². The molecule has 0 radical (unpaired) electrons. The number of ether oxygens (including phenoxy) is 4. The van der Waals surface area contributed by atoms with Gasteiger partial charge in [0.1, 0.15) is 12.4 Å². The van der Waals surface area contributed by atoms with E-state index in [0.29, 0.717) is 19.4 Å². The van der Waals surface area contributed by atoms with Gasteiger partial charge >= 0.3 is 11.9 Å². The molecule has 0 aromatic rings. The van der Waals surface area contributed by atoms with Crippen molar-refractivity contribution in [2.24, 2.45) is 11.8 Å². The zero-order valence-corrected chi connectivity index (χ0v) is 20.1. The molecule has 1 aliphatic carbocycles. The Hall–Kier alpha value is -1.47. The van der Waals surface area contributed by atoms with E-state index in [1.807, 2.05) is 13.8 Å². The molecule has 7 nitrogen and oxygen atoms in total. The fraction of sp³-hybridized carbons (Fsp3) is 0.880. The molecule has 32 heavy (non-hydrogen) atoms. The predicted octanol–water partition coefficient (Wildman–Crippen LogP) is 4.74. The molecule has 0 aromatic heterocycles. The van der Waals surface area contributed by atoms with Crippen LogP contribution in [-0.4, -0.2) is 49.4 Å². The van der Waals surface area contributed by atoms with E-state index >= 15 is 0 Å². The van der Waals surface area contributed by atoms with Crippen LogP contribution in [-0.2, 0) is 33.3 Å². The van der Waals surface area contributed by atoms with Crippen LogP contribution in [0.5, 0.6) is 0 Å². The molecule has 1 heterocycles. The van der Waals surface area contributed by atoms with E-state index < -0.39 is 0 Å². The van der Waals surface area contributed by atoms with Crippen molar-refractivity contribution in [2.45, 2.75) is 122 Å². The van der Waals surface area contributed by atoms with Crippen molar-refractivity contribution in [3.8, 4) is 0 Å². The normalized spacial score (nSPS) is 27.9. The molecule has 5 unspecified atom stereocenters. The molecule has 1 saturated heterocycles. The van der Waals surface area contributed by atoms with Crippen molar-refractivity contribution in [1.82, 2.24) is 0 Å². The number of hydrogen-bond acceptors (Lipinski definition) is 7. The van der Waals surface area contributed by atoms with Crippen LogP contribution in [0.3, 0.4) is 0 Å². The van der Waals surface area contributed by atoms with E-state index in [1.54, 1.807) is 0 Å². The van der Waals surface area contributed by atoms with Crippen LogP contribution in [0, 0.1) is 11.8 Å². The molecule has 0 bridgehead atoms. The van der Waals surface area contributed by atoms with E-state index in [4.69, 9.17) is 18.9 Å². The van der Waals surface area contributed by atoms with Crippen molar-refractivity contribution in [3.63, 3.8) is 0 Å². The van der Waals surface area contributed by atoms with Crippen molar-refractivity contribution in [2.75, 3.05) is 6.61 Å². The lowest BCUT2D eigenvalue weighted by molar-refractivity contribution is -0.195. The molecule has 0 N–H and O–H groups in total. The average Bonchev–Trinajstić information content (AvgIpc) is 3.05. The fourth-order valence-electron chi connectivity index (χ4n) is 4.84. The summed E-state index contributed by atoms with van der Waals surface area (Å²) in [6.07, 6.45) is 11.1. The standard InChI is InChI=1S/C25H42O7/c1-18(2)30-24(28)13-9-7-5-4-6-8-12-20-21(17-26)23(16-22(20)31-19(3)27)32-25-14-10-11-15-29-25/h17-18,20-23,25H,4-16H2,1-3H3. The quantitative estimate of drug-likeness (QED) is 0.213. The molecule has 2 rings (SSSR count). The number of carbonyl (C=O) groups is 3. The Morgan fingerprint density at radius 3 is 2.38 bits per heavy atom. The summed E-state index contributed by atoms with van der Waals surface area (Å²) in [7, 11) is 0. The molecule has 184 valence electrons. The Bertz CT molecular complexity index is 571. The number of carbonyl (C=O) groups excluding carboxylic acids is 3. The minimum atomic E-state index is -0.310. The van der Waals surface area contributed by atoms with Crippen LogP contribution in [0.25, 0.3) is 0 Å². The lowest BCUT2D eigenvalue weighted by Gasteiger charge is -2.28. The second-order valence-electron chi connectivity index (χ2n) is 9.43. The van der Waals surface area contributed by atoms with Gasteiger partial charge in [-0.3, -0.25) is 9.59 Å². The third-order valence-electron chi connectivity index (χ3n) is 6.34. The van der Waals surface area contributed by atoms with Gasteiger partial charge in [-0.1, -0.05) is 32.1 Å². The molecule has 0 amide bonds. The van der Waals surface area contributed by atoms with Gasteiger partial charge in [-0.05, 0) is 46.0 Å². The van der Waals surface area contributed by atoms with Gasteiger partial charge in [-0.15, -0.1) is 0 Å². The number of aldehydes is 1. The molecule has 1 aliphatic heterocycles. The molecular formula is C25H42O7. The topological polar surface area (TPSA) is 88.1 Å². The Balaban J connectivity index is 1.71. The SMILES string of the molecule is CC(=O)OC1CC(OC2CCCCO2)C(C=O)C1CCCCCCCCC(=O)OC(C)C. The van der Waals surface area contributed by atoms with Crippen LogP contribution in [0.1, 0.15) is 97.8 Å². The highest BCUT2D eigenvalue weighted by Gasteiger charge is 2.46. The minimum Gasteiger partial charge on any atom is -0.463 e. The summed E-state index contributed by atoms with van der Waals surface area (Å²) in [5, 5.41) is 0. The third kappa shape index (κ3) is 9.57. The number of unbranched alkanes of at least 4 members (excludes halogenated alkanes) is 5. The lowest BCUT2D eigenvalue weighted by Crippen LogP contribution is -2.32. The minimum absolute atomic E-state index is 0.00389. The summed E-state index contributed by atoms with van der Waals surface area (Å²) in [4.78, 5) is 35.1. The first kappa shape index (κ1) is 26.8. The van der Waals surface area contributed by atoms with Crippen LogP contribution in [0.2, 0.25) is 0 Å². The zero-order valence-electron chi connectivity index (χ0n) is 20.1. The first-order chi connectivity index (χ1) is 15.4. The van der Waals surface area contributed by atoms with Gasteiger partial charge in [-0.2, -0.15) is 0 Å². The van der Waals surface area contributed by atoms with E-state index in [9.17, 15) is 14.4 Å². The summed E-state index contributed by atoms with van der Waals surface area (Å²) in [6.45, 7) is 5.84. The maximum atomic E-state index is 11.9. The monoisotopic (exact) mass is 454 g/mol. The molecule has 2 fully saturated rings. The first-order valence-electron chi connectivity index (χ1n) is 12.5. The Kier molecular flexibility index (Phi) is 12.2. The molecule has 7 heteroatoms. The van der Waals surface area contributed by atoms with Crippen molar-refractivity contribution in [3.05, 3.63) is 0 Å². The van der Waals surface area contributed by atoms with E-state index in [-0.39, 0.29) is 48.4 Å². The highest BCUT2D eigenvalue weighted by molar-refractivity contribution is 5.69. The predicted molar refractivity (Wildman–Crippen MR) is 120 cm³/mol. The van der Waals surface area contributed by atoms with Crippen molar-refractivity contribution >= 4 is 18.2 Å². The molecule has 0 spiro atoms. The first-order valence-corrected chi connectivity index (χ1v) is 12.5. The lowest BCUT2D eigenvalue weighted by atomic mass is 9.89. The molecule has 1 saturated carbocycles. The summed E-state index contributed by atoms with van der Waals surface area (Å²) in [6, 6.07) is 0. The van der Waals surface area contributed by atoms with E-state index in [0.717, 1.165) is 70.5 Å². The molecule has 2 aliphatic rings.